The number of amides is 1. The molecule has 2 aliphatic rings. The highest BCUT2D eigenvalue weighted by Gasteiger charge is 2.39. The lowest BCUT2D eigenvalue weighted by Gasteiger charge is -2.34. The van der Waals surface area contributed by atoms with Crippen LogP contribution in [0.25, 0.3) is 10.9 Å². The number of hydrogen-bond acceptors (Lipinski definition) is 2. The molecule has 5 rings (SSSR count). The summed E-state index contributed by atoms with van der Waals surface area (Å²) in [5.74, 6) is 0.183. The first-order valence-electron chi connectivity index (χ1n) is 9.09. The molecule has 0 saturated heterocycles. The van der Waals surface area contributed by atoms with Crippen molar-refractivity contribution in [1.29, 1.82) is 0 Å². The molecule has 1 unspecified atom stereocenters. The Labute approximate surface area is 146 Å². The third-order valence-corrected chi connectivity index (χ3v) is 5.69. The molecular weight excluding hydrogens is 312 g/mol. The smallest absolute Gasteiger partial charge is 0.254 e. The summed E-state index contributed by atoms with van der Waals surface area (Å²) < 4.78 is 2.08. The van der Waals surface area contributed by atoms with Gasteiger partial charge in [0, 0.05) is 42.1 Å². The van der Waals surface area contributed by atoms with Gasteiger partial charge in [0.2, 0.25) is 0 Å². The van der Waals surface area contributed by atoms with Crippen molar-refractivity contribution in [3.63, 3.8) is 0 Å². The number of H-pyrrole nitrogens is 1. The molecule has 128 valence electrons. The summed E-state index contributed by atoms with van der Waals surface area (Å²) in [6.07, 6.45) is 9.14. The predicted octanol–water partition coefficient (Wildman–Crippen LogP) is 3.06. The Balaban J connectivity index is 1.47. The number of benzene rings is 1. The largest absolute Gasteiger partial charge is 0.351 e. The van der Waals surface area contributed by atoms with Crippen molar-refractivity contribution in [3.05, 3.63) is 53.5 Å². The number of nitrogens with zero attached hydrogens (tertiary/aromatic N) is 3. The highest BCUT2D eigenvalue weighted by Crippen LogP contribution is 2.34. The fraction of sp³-hybridized carbons (Fsp3) is 0.400. The van der Waals surface area contributed by atoms with Gasteiger partial charge in [-0.15, -0.1) is 0 Å². The number of carbonyl (C=O) groups excluding carboxylic acids is 1. The summed E-state index contributed by atoms with van der Waals surface area (Å²) >= 11 is 0. The molecule has 3 aromatic rings. The first kappa shape index (κ1) is 14.8. The lowest BCUT2D eigenvalue weighted by atomic mass is 9.91. The number of rotatable bonds is 3. The van der Waals surface area contributed by atoms with Gasteiger partial charge >= 0.3 is 0 Å². The van der Waals surface area contributed by atoms with Crippen LogP contribution in [0.5, 0.6) is 0 Å². The maximum Gasteiger partial charge on any atom is 0.254 e. The van der Waals surface area contributed by atoms with E-state index in [0.29, 0.717) is 6.04 Å². The molecule has 0 bridgehead atoms. The number of carbonyl (C=O) groups is 1. The third kappa shape index (κ3) is 2.46. The van der Waals surface area contributed by atoms with E-state index in [4.69, 9.17) is 0 Å². The van der Waals surface area contributed by atoms with Gasteiger partial charge in [0.05, 0.1) is 6.20 Å². The Morgan fingerprint density at radius 3 is 2.96 bits per heavy atom. The lowest BCUT2D eigenvalue weighted by molar-refractivity contribution is 0.0643. The van der Waals surface area contributed by atoms with Gasteiger partial charge in [0.1, 0.15) is 0 Å². The van der Waals surface area contributed by atoms with E-state index >= 15 is 0 Å². The van der Waals surface area contributed by atoms with Gasteiger partial charge in [0.25, 0.3) is 5.91 Å². The third-order valence-electron chi connectivity index (χ3n) is 5.69. The molecule has 1 N–H and O–H groups in total. The zero-order valence-corrected chi connectivity index (χ0v) is 14.4. The van der Waals surface area contributed by atoms with E-state index < -0.39 is 0 Å². The number of aromatic nitrogens is 3. The average molecular weight is 334 g/mol. The summed E-state index contributed by atoms with van der Waals surface area (Å²) in [4.78, 5) is 15.5. The second-order valence-electron chi connectivity index (χ2n) is 7.41. The monoisotopic (exact) mass is 334 g/mol. The Morgan fingerprint density at radius 2 is 2.12 bits per heavy atom. The summed E-state index contributed by atoms with van der Waals surface area (Å²) in [5.41, 5.74) is 4.43. The van der Waals surface area contributed by atoms with Gasteiger partial charge in [-0.25, -0.2) is 0 Å². The molecule has 1 saturated carbocycles. The van der Waals surface area contributed by atoms with Crippen molar-refractivity contribution in [2.45, 2.75) is 44.2 Å². The second kappa shape index (κ2) is 5.48. The van der Waals surface area contributed by atoms with Gasteiger partial charge in [0.15, 0.2) is 0 Å². The SMILES string of the molecule is Cn1ccc2ccc(C(=O)N(C3CC3)C3CCc4[nH]ncc4C3)cc21. The Bertz CT molecular complexity index is 950. The van der Waals surface area contributed by atoms with Crippen LogP contribution in [0.4, 0.5) is 0 Å². The van der Waals surface area contributed by atoms with E-state index in [0.717, 1.165) is 43.2 Å². The highest BCUT2D eigenvalue weighted by atomic mass is 16.2. The number of fused-ring (bicyclic) bond motifs is 2. The fourth-order valence-corrected chi connectivity index (χ4v) is 4.16. The van der Waals surface area contributed by atoms with Gasteiger partial charge in [-0.1, -0.05) is 6.07 Å². The van der Waals surface area contributed by atoms with Crippen molar-refractivity contribution >= 4 is 16.8 Å². The van der Waals surface area contributed by atoms with Crippen molar-refractivity contribution in [2.75, 3.05) is 0 Å². The topological polar surface area (TPSA) is 53.9 Å². The van der Waals surface area contributed by atoms with Crippen LogP contribution < -0.4 is 0 Å². The van der Waals surface area contributed by atoms with Gasteiger partial charge in [-0.3, -0.25) is 9.89 Å². The molecule has 1 atom stereocenters. The molecule has 2 aliphatic carbocycles. The molecule has 0 radical (unpaired) electrons. The normalized spacial score (nSPS) is 19.8. The van der Waals surface area contributed by atoms with E-state index in [1.165, 1.54) is 16.6 Å². The van der Waals surface area contributed by atoms with Crippen LogP contribution in [0, 0.1) is 0 Å². The number of hydrogen-bond donors (Lipinski definition) is 1. The molecule has 0 spiro atoms. The first-order valence-corrected chi connectivity index (χ1v) is 9.09. The number of aryl methyl sites for hydroxylation is 2. The van der Waals surface area contributed by atoms with Gasteiger partial charge < -0.3 is 9.47 Å². The predicted molar refractivity (Wildman–Crippen MR) is 96.5 cm³/mol. The maximum atomic E-state index is 13.3. The molecule has 1 aromatic carbocycles. The van der Waals surface area contributed by atoms with Crippen LogP contribution in [0.3, 0.4) is 0 Å². The lowest BCUT2D eigenvalue weighted by Crippen LogP contribution is -2.44. The minimum absolute atomic E-state index is 0.183. The van der Waals surface area contributed by atoms with Crippen molar-refractivity contribution in [1.82, 2.24) is 19.7 Å². The minimum Gasteiger partial charge on any atom is -0.351 e. The summed E-state index contributed by atoms with van der Waals surface area (Å²) in [7, 11) is 2.02. The van der Waals surface area contributed by atoms with Crippen molar-refractivity contribution in [3.8, 4) is 0 Å². The van der Waals surface area contributed by atoms with E-state index in [2.05, 4.69) is 31.8 Å². The summed E-state index contributed by atoms with van der Waals surface area (Å²) in [6.45, 7) is 0. The Morgan fingerprint density at radius 1 is 1.24 bits per heavy atom. The van der Waals surface area contributed by atoms with Crippen LogP contribution in [-0.2, 0) is 19.9 Å². The average Bonchev–Trinajstić information content (AvgIpc) is 3.23. The van der Waals surface area contributed by atoms with Crippen molar-refractivity contribution < 1.29 is 4.79 Å². The molecule has 25 heavy (non-hydrogen) atoms. The van der Waals surface area contributed by atoms with Crippen molar-refractivity contribution in [2.24, 2.45) is 7.05 Å². The Kier molecular flexibility index (Phi) is 3.23. The van der Waals surface area contributed by atoms with E-state index in [9.17, 15) is 4.79 Å². The molecule has 2 aromatic heterocycles. The quantitative estimate of drug-likeness (QED) is 0.800. The zero-order valence-electron chi connectivity index (χ0n) is 14.4. The molecule has 5 heteroatoms. The van der Waals surface area contributed by atoms with Crippen LogP contribution >= 0.6 is 0 Å². The second-order valence-corrected chi connectivity index (χ2v) is 7.41. The zero-order chi connectivity index (χ0) is 17.0. The number of aromatic amines is 1. The molecule has 5 nitrogen and oxygen atoms in total. The Hall–Kier alpha value is -2.56. The summed E-state index contributed by atoms with van der Waals surface area (Å²) in [5, 5.41) is 8.44. The fourth-order valence-electron chi connectivity index (χ4n) is 4.16. The highest BCUT2D eigenvalue weighted by molar-refractivity contribution is 5.98. The maximum absolute atomic E-state index is 13.3. The van der Waals surface area contributed by atoms with Gasteiger partial charge in [-0.05, 0) is 61.3 Å². The van der Waals surface area contributed by atoms with Crippen LogP contribution in [0.1, 0.15) is 40.9 Å². The van der Waals surface area contributed by atoms with Crippen LogP contribution in [0.2, 0.25) is 0 Å². The molecule has 1 fully saturated rings. The minimum atomic E-state index is 0.183. The van der Waals surface area contributed by atoms with E-state index in [-0.39, 0.29) is 11.9 Å². The molecular formula is C20H22N4O. The van der Waals surface area contributed by atoms with Gasteiger partial charge in [-0.2, -0.15) is 5.10 Å². The molecule has 0 aliphatic heterocycles. The number of nitrogens with one attached hydrogen (secondary N) is 1. The van der Waals surface area contributed by atoms with Crippen LogP contribution in [-0.4, -0.2) is 37.7 Å². The summed E-state index contributed by atoms with van der Waals surface area (Å²) in [6, 6.07) is 8.86. The molecule has 1 amide bonds. The van der Waals surface area contributed by atoms with E-state index in [1.54, 1.807) is 0 Å². The van der Waals surface area contributed by atoms with Crippen LogP contribution in [0.15, 0.2) is 36.7 Å². The standard InChI is InChI=1S/C20H22N4O/c1-23-9-8-13-2-3-14(11-19(13)23)20(25)24(16-4-5-16)17-6-7-18-15(10-17)12-21-22-18/h2-3,8-9,11-12,16-17H,4-7,10H2,1H3,(H,21,22). The first-order chi connectivity index (χ1) is 12.2. The molecule has 2 heterocycles. The van der Waals surface area contributed by atoms with E-state index in [1.807, 2.05) is 31.6 Å².